The van der Waals surface area contributed by atoms with E-state index in [-0.39, 0.29) is 72.4 Å². The molecule has 0 aliphatic carbocycles. The number of phenolic OH excluding ortho intramolecular Hbond substituents is 3. The van der Waals surface area contributed by atoms with Gasteiger partial charge < -0.3 is 43.7 Å². The number of hydrogen-bond donors (Lipinski definition) is 7. The van der Waals surface area contributed by atoms with E-state index >= 15 is 0 Å². The van der Waals surface area contributed by atoms with Crippen LogP contribution in [0.3, 0.4) is 0 Å². The summed E-state index contributed by atoms with van der Waals surface area (Å²) in [5, 5.41) is 50.6. The average Bonchev–Trinajstić information content (AvgIpc) is 2.96. The molecule has 0 aliphatic heterocycles. The number of aryl methyl sites for hydroxylation is 1. The fraction of sp³-hybridized carbons (Fsp3) is 0.200. The van der Waals surface area contributed by atoms with Gasteiger partial charge in [0.2, 0.25) is 21.2 Å². The zero-order valence-corrected chi connectivity index (χ0v) is 27.0. The van der Waals surface area contributed by atoms with E-state index in [0.717, 1.165) is 5.56 Å². The van der Waals surface area contributed by atoms with Crippen LogP contribution in [0.2, 0.25) is 0 Å². The Labute approximate surface area is 271 Å². The van der Waals surface area contributed by atoms with Crippen LogP contribution in [0.5, 0.6) is 17.2 Å². The van der Waals surface area contributed by atoms with Gasteiger partial charge in [0.15, 0.2) is 4.98 Å². The summed E-state index contributed by atoms with van der Waals surface area (Å²) in [6.07, 6.45) is 0. The lowest BCUT2D eigenvalue weighted by Gasteiger charge is -2.08. The van der Waals surface area contributed by atoms with Gasteiger partial charge in [-0.3, -0.25) is 0 Å². The Bertz CT molecular complexity index is 1450. The second-order valence-corrected chi connectivity index (χ2v) is 9.81. The van der Waals surface area contributed by atoms with Crippen LogP contribution in [-0.2, 0) is 16.6 Å². The van der Waals surface area contributed by atoms with Gasteiger partial charge in [0.25, 0.3) is 0 Å². The van der Waals surface area contributed by atoms with Crippen molar-refractivity contribution < 1.29 is 46.4 Å². The summed E-state index contributed by atoms with van der Waals surface area (Å²) in [7, 11) is -3.55. The number of rotatable bonds is 4. The summed E-state index contributed by atoms with van der Waals surface area (Å²) in [6, 6.07) is 26.2. The molecule has 0 fully saturated rings. The molecule has 0 atom stereocenters. The lowest BCUT2D eigenvalue weighted by Crippen LogP contribution is -3.00. The number of para-hydroxylation sites is 4. The standard InChI is InChI=1S/C14H15NO3S.C6H4N2O.C6H7NO.2C2H6O.2ClH/c1-11-6-8-13(9-7-11)19(17,18)15-10-12-4-2-3-5-14(12)16;7-8-5-3-1-2-4-6(5)9;7-5-3-1-2-4-6(5)8;2*1-2-3;;/h2-9,15-16H,10H2,1H3;1-4H;1-4,8H,7H2;2*3H,2H2,1H3;2*1H. The molecule has 0 unspecified atom stereocenters. The smallest absolute Gasteiger partial charge is 0.426 e. The normalized spacial score (nSPS) is 9.09. The van der Waals surface area contributed by atoms with Crippen LogP contribution in [0.4, 0.5) is 11.4 Å². The summed E-state index contributed by atoms with van der Waals surface area (Å²) >= 11 is 0. The van der Waals surface area contributed by atoms with Crippen LogP contribution in [0.1, 0.15) is 25.0 Å². The predicted octanol–water partition coefficient (Wildman–Crippen LogP) is 2.45. The van der Waals surface area contributed by atoms with Crippen molar-refractivity contribution in [2.45, 2.75) is 32.2 Å². The number of phenols is 3. The number of nitrogen functional groups attached to an aromatic ring is 1. The summed E-state index contributed by atoms with van der Waals surface area (Å²) in [4.78, 5) is 3.04. The third-order valence-electron chi connectivity index (χ3n) is 4.70. The average molecular weight is 672 g/mol. The lowest BCUT2D eigenvalue weighted by atomic mass is 10.2. The molecular weight excluding hydrogens is 631 g/mol. The number of nitrogens with one attached hydrogen (secondary N) is 1. The van der Waals surface area contributed by atoms with E-state index in [1.165, 1.54) is 18.2 Å². The van der Waals surface area contributed by atoms with Crippen molar-refractivity contribution in [3.05, 3.63) is 113 Å². The number of benzene rings is 4. The Kier molecular flexibility index (Phi) is 25.6. The van der Waals surface area contributed by atoms with Gasteiger partial charge in [-0.2, -0.15) is 0 Å². The number of aromatic hydroxyl groups is 3. The zero-order valence-electron chi connectivity index (χ0n) is 24.6. The second-order valence-electron chi connectivity index (χ2n) is 8.05. The van der Waals surface area contributed by atoms with E-state index in [4.69, 9.17) is 31.6 Å². The molecule has 8 N–H and O–H groups in total. The van der Waals surface area contributed by atoms with Crippen molar-refractivity contribution in [3.8, 4) is 17.2 Å². The number of aliphatic hydroxyl groups is 2. The molecule has 0 aromatic heterocycles. The topological polar surface area (TPSA) is 201 Å². The van der Waals surface area contributed by atoms with Gasteiger partial charge in [0.05, 0.1) is 10.6 Å². The highest BCUT2D eigenvalue weighted by Gasteiger charge is 2.14. The minimum atomic E-state index is -3.55. The minimum absolute atomic E-state index is 0. The maximum absolute atomic E-state index is 12.0. The van der Waals surface area contributed by atoms with Gasteiger partial charge in [-0.15, -0.1) is 12.4 Å². The highest BCUT2D eigenvalue weighted by Crippen LogP contribution is 2.24. The Morgan fingerprint density at radius 1 is 0.750 bits per heavy atom. The quantitative estimate of drug-likeness (QED) is 0.0967. The van der Waals surface area contributed by atoms with E-state index in [1.54, 1.807) is 92.7 Å². The molecule has 0 spiro atoms. The molecule has 11 nitrogen and oxygen atoms in total. The van der Waals surface area contributed by atoms with Gasteiger partial charge in [-0.05, 0) is 57.2 Å². The lowest BCUT2D eigenvalue weighted by molar-refractivity contribution is -0.0000170. The molecule has 0 aliphatic rings. The van der Waals surface area contributed by atoms with Crippen molar-refractivity contribution in [1.29, 1.82) is 5.39 Å². The SMILES string of the molecule is CCO.CCO.Cc1ccc(S(=O)(=O)NCc2ccccc2O)cc1.Cl.N#[N+]c1ccccc1O.Nc1ccccc1O.[Cl-]. The minimum Gasteiger partial charge on any atom is -1.00 e. The fourth-order valence-corrected chi connectivity index (χ4v) is 3.68. The molecule has 0 saturated carbocycles. The number of hydrogen-bond acceptors (Lipinski definition) is 9. The van der Waals surface area contributed by atoms with Crippen LogP contribution in [0, 0.1) is 12.3 Å². The van der Waals surface area contributed by atoms with Crippen LogP contribution in [0.15, 0.2) is 102 Å². The Hall–Kier alpha value is -4.09. The molecule has 4 aromatic carbocycles. The molecule has 0 saturated heterocycles. The molecule has 0 amide bonds. The molecule has 4 rings (SSSR count). The molecule has 242 valence electrons. The third-order valence-corrected chi connectivity index (χ3v) is 6.12. The fourth-order valence-electron chi connectivity index (χ4n) is 2.67. The first-order valence-electron chi connectivity index (χ1n) is 12.7. The first kappa shape index (κ1) is 44.4. The van der Waals surface area contributed by atoms with Crippen molar-refractivity contribution in [2.75, 3.05) is 18.9 Å². The van der Waals surface area contributed by atoms with Gasteiger partial charge in [0, 0.05) is 31.4 Å². The van der Waals surface area contributed by atoms with Crippen LogP contribution in [0.25, 0.3) is 4.98 Å². The number of halogens is 2. The Morgan fingerprint density at radius 3 is 1.57 bits per heavy atom. The highest BCUT2D eigenvalue weighted by atomic mass is 35.5. The Balaban J connectivity index is -0.000000565. The van der Waals surface area contributed by atoms with Crippen molar-refractivity contribution in [1.82, 2.24) is 4.72 Å². The number of nitrogens with two attached hydrogens (primary N) is 1. The van der Waals surface area contributed by atoms with Crippen LogP contribution >= 0.6 is 12.4 Å². The molecule has 0 radical (unpaired) electrons. The number of sulfonamides is 1. The molecule has 14 heteroatoms. The molecule has 44 heavy (non-hydrogen) atoms. The number of aliphatic hydroxyl groups excluding tert-OH is 2. The molecule has 4 aromatic rings. The van der Waals surface area contributed by atoms with Crippen LogP contribution in [-0.4, -0.2) is 47.2 Å². The summed E-state index contributed by atoms with van der Waals surface area (Å²) in [5.41, 5.74) is 7.43. The van der Waals surface area contributed by atoms with E-state index < -0.39 is 10.0 Å². The molecular formula is C30H40Cl2N4O7S. The second kappa shape index (κ2) is 25.4. The summed E-state index contributed by atoms with van der Waals surface area (Å²) in [6.45, 7) is 5.81. The number of diazo groups is 1. The van der Waals surface area contributed by atoms with Gasteiger partial charge in [-0.1, -0.05) is 60.2 Å². The highest BCUT2D eigenvalue weighted by molar-refractivity contribution is 7.89. The van der Waals surface area contributed by atoms with E-state index in [0.29, 0.717) is 11.3 Å². The summed E-state index contributed by atoms with van der Waals surface area (Å²) < 4.78 is 26.5. The first-order valence-corrected chi connectivity index (χ1v) is 14.2. The maximum atomic E-state index is 12.0. The van der Waals surface area contributed by atoms with Gasteiger partial charge >= 0.3 is 5.69 Å². The molecule has 0 heterocycles. The van der Waals surface area contributed by atoms with E-state index in [9.17, 15) is 13.5 Å². The first-order chi connectivity index (χ1) is 20.0. The van der Waals surface area contributed by atoms with Crippen molar-refractivity contribution >= 4 is 33.8 Å². The maximum Gasteiger partial charge on any atom is 0.426 e. The third kappa shape index (κ3) is 18.4. The van der Waals surface area contributed by atoms with Crippen LogP contribution < -0.4 is 22.9 Å². The Morgan fingerprint density at radius 2 is 1.18 bits per heavy atom. The zero-order chi connectivity index (χ0) is 32.0. The molecule has 0 bridgehead atoms. The predicted molar refractivity (Wildman–Crippen MR) is 171 cm³/mol. The van der Waals surface area contributed by atoms with Crippen molar-refractivity contribution in [2.24, 2.45) is 0 Å². The van der Waals surface area contributed by atoms with Crippen molar-refractivity contribution in [3.63, 3.8) is 0 Å². The number of nitrogens with zero attached hydrogens (tertiary/aromatic N) is 2. The largest absolute Gasteiger partial charge is 1.00 e. The number of anilines is 1. The van der Waals surface area contributed by atoms with E-state index in [2.05, 4.69) is 9.70 Å². The van der Waals surface area contributed by atoms with E-state index in [1.807, 2.05) is 6.92 Å². The monoisotopic (exact) mass is 670 g/mol. The van der Waals surface area contributed by atoms with Gasteiger partial charge in [-0.25, -0.2) is 13.1 Å². The summed E-state index contributed by atoms with van der Waals surface area (Å²) in [5.74, 6) is 0.210. The van der Waals surface area contributed by atoms with Gasteiger partial charge in [0.1, 0.15) is 11.5 Å².